The van der Waals surface area contributed by atoms with Crippen LogP contribution in [0.2, 0.25) is 5.02 Å². The van der Waals surface area contributed by atoms with Crippen molar-refractivity contribution in [3.05, 3.63) is 76.7 Å². The molecule has 4 nitrogen and oxygen atoms in total. The van der Waals surface area contributed by atoms with Crippen LogP contribution in [0.1, 0.15) is 16.1 Å². The summed E-state index contributed by atoms with van der Waals surface area (Å²) in [5, 5.41) is 4.88. The number of carbonyl (C=O) groups excluding carboxylic acids is 1. The Kier molecular flexibility index (Phi) is 4.30. The average Bonchev–Trinajstić information content (AvgIpc) is 2.57. The molecule has 0 aliphatic carbocycles. The standard InChI is InChI=1S/C17H11ClFN3O/c18-13-5-3-6-14(19)12(13)10-20-22-17(23)16-9-8-11-4-1-2-7-15(11)21-16/h1-10H,(H,22,23)/b20-10+. The van der Waals surface area contributed by atoms with Gasteiger partial charge in [0, 0.05) is 10.9 Å². The third kappa shape index (κ3) is 3.35. The SMILES string of the molecule is O=C(N/N=C/c1c(F)cccc1Cl)c1ccc2ccccc2n1. The van der Waals surface area contributed by atoms with Crippen molar-refractivity contribution in [2.45, 2.75) is 0 Å². The van der Waals surface area contributed by atoms with Crippen molar-refractivity contribution in [1.82, 2.24) is 10.4 Å². The number of benzene rings is 2. The molecular weight excluding hydrogens is 317 g/mol. The van der Waals surface area contributed by atoms with Gasteiger partial charge in [-0.25, -0.2) is 14.8 Å². The molecule has 1 N–H and O–H groups in total. The summed E-state index contributed by atoms with van der Waals surface area (Å²) in [5.41, 5.74) is 3.35. The summed E-state index contributed by atoms with van der Waals surface area (Å²) in [7, 11) is 0. The van der Waals surface area contributed by atoms with Crippen molar-refractivity contribution in [3.63, 3.8) is 0 Å². The highest BCUT2D eigenvalue weighted by Crippen LogP contribution is 2.16. The van der Waals surface area contributed by atoms with Gasteiger partial charge in [-0.15, -0.1) is 0 Å². The Morgan fingerprint density at radius 1 is 1.13 bits per heavy atom. The van der Waals surface area contributed by atoms with E-state index < -0.39 is 11.7 Å². The summed E-state index contributed by atoms with van der Waals surface area (Å²) < 4.78 is 13.6. The van der Waals surface area contributed by atoms with Gasteiger partial charge in [-0.3, -0.25) is 4.79 Å². The highest BCUT2D eigenvalue weighted by Gasteiger charge is 2.08. The number of aromatic nitrogens is 1. The molecule has 2 aromatic carbocycles. The van der Waals surface area contributed by atoms with E-state index in [0.29, 0.717) is 5.52 Å². The van der Waals surface area contributed by atoms with E-state index in [2.05, 4.69) is 15.5 Å². The van der Waals surface area contributed by atoms with Gasteiger partial charge in [0.15, 0.2) is 0 Å². The summed E-state index contributed by atoms with van der Waals surface area (Å²) in [5.74, 6) is -1.00. The minimum atomic E-state index is -0.515. The van der Waals surface area contributed by atoms with Gasteiger partial charge in [-0.2, -0.15) is 5.10 Å². The van der Waals surface area contributed by atoms with Gasteiger partial charge in [-0.05, 0) is 24.3 Å². The molecule has 0 aliphatic heterocycles. The van der Waals surface area contributed by atoms with Crippen molar-refractivity contribution in [1.29, 1.82) is 0 Å². The Balaban J connectivity index is 1.77. The molecule has 0 fully saturated rings. The molecule has 0 spiro atoms. The number of hydrogen-bond acceptors (Lipinski definition) is 3. The second-order valence-electron chi connectivity index (χ2n) is 4.72. The first-order chi connectivity index (χ1) is 11.1. The van der Waals surface area contributed by atoms with Gasteiger partial charge >= 0.3 is 0 Å². The second-order valence-corrected chi connectivity index (χ2v) is 5.13. The van der Waals surface area contributed by atoms with Crippen molar-refractivity contribution in [2.24, 2.45) is 5.10 Å². The maximum atomic E-state index is 13.6. The maximum Gasteiger partial charge on any atom is 0.289 e. The molecule has 0 bridgehead atoms. The van der Waals surface area contributed by atoms with Crippen LogP contribution < -0.4 is 5.43 Å². The molecule has 23 heavy (non-hydrogen) atoms. The molecule has 0 saturated heterocycles. The third-order valence-electron chi connectivity index (χ3n) is 3.19. The third-order valence-corrected chi connectivity index (χ3v) is 3.52. The molecule has 1 aromatic heterocycles. The predicted molar refractivity (Wildman–Crippen MR) is 88.2 cm³/mol. The predicted octanol–water partition coefficient (Wildman–Crippen LogP) is 3.79. The Labute approximate surface area is 136 Å². The Morgan fingerprint density at radius 2 is 1.96 bits per heavy atom. The van der Waals surface area contributed by atoms with Gasteiger partial charge in [0.2, 0.25) is 0 Å². The molecule has 0 radical (unpaired) electrons. The monoisotopic (exact) mass is 327 g/mol. The molecule has 3 aromatic rings. The zero-order valence-corrected chi connectivity index (χ0v) is 12.6. The van der Waals surface area contributed by atoms with E-state index in [4.69, 9.17) is 11.6 Å². The summed E-state index contributed by atoms with van der Waals surface area (Å²) in [4.78, 5) is 16.3. The van der Waals surface area contributed by atoms with Gasteiger partial charge in [0.05, 0.1) is 16.8 Å². The highest BCUT2D eigenvalue weighted by molar-refractivity contribution is 6.33. The van der Waals surface area contributed by atoms with Crippen LogP contribution >= 0.6 is 11.6 Å². The van der Waals surface area contributed by atoms with Crippen molar-refractivity contribution in [3.8, 4) is 0 Å². The lowest BCUT2D eigenvalue weighted by Crippen LogP contribution is -2.19. The molecular formula is C17H11ClFN3O. The smallest absolute Gasteiger partial charge is 0.266 e. The molecule has 3 rings (SSSR count). The zero-order chi connectivity index (χ0) is 16.2. The first kappa shape index (κ1) is 15.1. The zero-order valence-electron chi connectivity index (χ0n) is 11.8. The molecule has 114 valence electrons. The van der Waals surface area contributed by atoms with E-state index in [9.17, 15) is 9.18 Å². The Bertz CT molecular complexity index is 891. The van der Waals surface area contributed by atoms with Crippen molar-refractivity contribution < 1.29 is 9.18 Å². The van der Waals surface area contributed by atoms with Gasteiger partial charge < -0.3 is 0 Å². The molecule has 1 amide bonds. The van der Waals surface area contributed by atoms with Gasteiger partial charge in [0.1, 0.15) is 11.5 Å². The molecule has 0 unspecified atom stereocenters. The molecule has 1 heterocycles. The van der Waals surface area contributed by atoms with E-state index in [1.165, 1.54) is 12.1 Å². The normalized spacial score (nSPS) is 11.0. The summed E-state index contributed by atoms with van der Waals surface area (Å²) in [6.45, 7) is 0. The fourth-order valence-electron chi connectivity index (χ4n) is 2.04. The average molecular weight is 328 g/mol. The number of hydrogen-bond donors (Lipinski definition) is 1. The van der Waals surface area contributed by atoms with Crippen LogP contribution in [0.15, 0.2) is 59.7 Å². The number of fused-ring (bicyclic) bond motifs is 1. The summed E-state index contributed by atoms with van der Waals surface area (Å²) in [6.07, 6.45) is 1.16. The highest BCUT2D eigenvalue weighted by atomic mass is 35.5. The minimum Gasteiger partial charge on any atom is -0.266 e. The molecule has 6 heteroatoms. The van der Waals surface area contributed by atoms with Crippen LogP contribution in [0, 0.1) is 5.82 Å². The number of nitrogens with one attached hydrogen (secondary N) is 1. The number of para-hydroxylation sites is 1. The van der Waals surface area contributed by atoms with Crippen LogP contribution in [0.5, 0.6) is 0 Å². The lowest BCUT2D eigenvalue weighted by molar-refractivity contribution is 0.0950. The van der Waals surface area contributed by atoms with E-state index in [-0.39, 0.29) is 16.3 Å². The number of carbonyl (C=O) groups is 1. The number of amides is 1. The Hall–Kier alpha value is -2.79. The lowest BCUT2D eigenvalue weighted by Gasteiger charge is -2.02. The van der Waals surface area contributed by atoms with E-state index >= 15 is 0 Å². The number of halogens is 2. The lowest BCUT2D eigenvalue weighted by atomic mass is 10.2. The van der Waals surface area contributed by atoms with Crippen LogP contribution in [0.4, 0.5) is 4.39 Å². The summed E-state index contributed by atoms with van der Waals surface area (Å²) >= 11 is 5.87. The van der Waals surface area contributed by atoms with Crippen molar-refractivity contribution in [2.75, 3.05) is 0 Å². The molecule has 0 saturated carbocycles. The largest absolute Gasteiger partial charge is 0.289 e. The minimum absolute atomic E-state index is 0.112. The fourth-order valence-corrected chi connectivity index (χ4v) is 2.25. The van der Waals surface area contributed by atoms with E-state index in [1.807, 2.05) is 24.3 Å². The second kappa shape index (κ2) is 6.54. The number of hydrazone groups is 1. The topological polar surface area (TPSA) is 54.4 Å². The van der Waals surface area contributed by atoms with Crippen molar-refractivity contribution >= 4 is 34.6 Å². The first-order valence-corrected chi connectivity index (χ1v) is 7.16. The molecule has 0 aliphatic rings. The maximum absolute atomic E-state index is 13.6. The number of nitrogens with zero attached hydrogens (tertiary/aromatic N) is 2. The van der Waals surface area contributed by atoms with E-state index in [0.717, 1.165) is 11.6 Å². The van der Waals surface area contributed by atoms with Gasteiger partial charge in [0.25, 0.3) is 5.91 Å². The van der Waals surface area contributed by atoms with Crippen LogP contribution in [0.25, 0.3) is 10.9 Å². The number of pyridine rings is 1. The molecule has 0 atom stereocenters. The number of rotatable bonds is 3. The van der Waals surface area contributed by atoms with Gasteiger partial charge in [-0.1, -0.05) is 41.9 Å². The van der Waals surface area contributed by atoms with Crippen LogP contribution in [0.3, 0.4) is 0 Å². The fraction of sp³-hybridized carbons (Fsp3) is 0. The van der Waals surface area contributed by atoms with Crippen LogP contribution in [-0.4, -0.2) is 17.1 Å². The first-order valence-electron chi connectivity index (χ1n) is 6.78. The van der Waals surface area contributed by atoms with Crippen LogP contribution in [-0.2, 0) is 0 Å². The van der Waals surface area contributed by atoms with E-state index in [1.54, 1.807) is 18.2 Å². The summed E-state index contributed by atoms with van der Waals surface area (Å²) in [6, 6.07) is 15.2. The quantitative estimate of drug-likeness (QED) is 0.588. The Morgan fingerprint density at radius 3 is 2.78 bits per heavy atom.